The molecule has 1 rings (SSSR count). The van der Waals surface area contributed by atoms with Crippen LogP contribution in [-0.4, -0.2) is 29.9 Å². The van der Waals surface area contributed by atoms with Crippen LogP contribution in [0, 0.1) is 11.7 Å². The first-order valence-corrected chi connectivity index (χ1v) is 7.49. The lowest BCUT2D eigenvalue weighted by molar-refractivity contribution is -0.135. The van der Waals surface area contributed by atoms with Gasteiger partial charge in [-0.1, -0.05) is 13.8 Å². The highest BCUT2D eigenvalue weighted by molar-refractivity contribution is 5.89. The molecule has 0 aliphatic heterocycles. The van der Waals surface area contributed by atoms with E-state index in [9.17, 15) is 18.8 Å². The fraction of sp³-hybridized carbons (Fsp3) is 0.438. The van der Waals surface area contributed by atoms with Crippen LogP contribution in [-0.2, 0) is 14.4 Å². The summed E-state index contributed by atoms with van der Waals surface area (Å²) in [4.78, 5) is 35.1. The molecule has 0 saturated carbocycles. The summed E-state index contributed by atoms with van der Waals surface area (Å²) in [6.45, 7) is 6.32. The second kappa shape index (κ2) is 8.85. The molecule has 0 radical (unpaired) electrons. The van der Waals surface area contributed by atoms with Crippen LogP contribution >= 0.6 is 0 Å². The number of halogens is 1. The number of ether oxygens (including phenoxy) is 1. The summed E-state index contributed by atoms with van der Waals surface area (Å²) in [5.41, 5.74) is 4.49. The number of carbonyl (C=O) groups is 3. The monoisotopic (exact) mass is 339 g/mol. The van der Waals surface area contributed by atoms with E-state index in [0.29, 0.717) is 5.75 Å². The van der Waals surface area contributed by atoms with Gasteiger partial charge in [0.25, 0.3) is 11.8 Å². The highest BCUT2D eigenvalue weighted by Gasteiger charge is 2.24. The van der Waals surface area contributed by atoms with Crippen LogP contribution in [0.3, 0.4) is 0 Å². The number of nitrogens with one attached hydrogen (secondary N) is 3. The van der Waals surface area contributed by atoms with Gasteiger partial charge in [-0.15, -0.1) is 0 Å². The number of carbonyl (C=O) groups excluding carboxylic acids is 3. The zero-order valence-electron chi connectivity index (χ0n) is 14.1. The molecule has 0 heterocycles. The number of rotatable bonds is 6. The van der Waals surface area contributed by atoms with Gasteiger partial charge in [0.15, 0.2) is 6.10 Å². The Hall–Kier alpha value is -2.64. The first-order chi connectivity index (χ1) is 11.2. The third kappa shape index (κ3) is 6.23. The molecule has 1 aromatic rings. The zero-order valence-corrected chi connectivity index (χ0v) is 14.1. The molecule has 24 heavy (non-hydrogen) atoms. The molecule has 2 atom stereocenters. The van der Waals surface area contributed by atoms with E-state index in [1.165, 1.54) is 38.1 Å². The van der Waals surface area contributed by atoms with Gasteiger partial charge < -0.3 is 10.1 Å². The Morgan fingerprint density at radius 1 is 1.00 bits per heavy atom. The van der Waals surface area contributed by atoms with Gasteiger partial charge in [0.1, 0.15) is 17.6 Å². The normalized spacial score (nSPS) is 12.9. The van der Waals surface area contributed by atoms with E-state index < -0.39 is 29.8 Å². The van der Waals surface area contributed by atoms with Crippen LogP contribution in [0.1, 0.15) is 27.7 Å². The molecule has 0 spiro atoms. The van der Waals surface area contributed by atoms with Crippen LogP contribution in [0.25, 0.3) is 0 Å². The molecular formula is C16H22FN3O4. The molecule has 0 unspecified atom stereocenters. The number of hydrogen-bond donors (Lipinski definition) is 3. The molecule has 1 aromatic carbocycles. The lowest BCUT2D eigenvalue weighted by Gasteiger charge is -2.22. The molecular weight excluding hydrogens is 317 g/mol. The van der Waals surface area contributed by atoms with E-state index in [-0.39, 0.29) is 11.8 Å². The largest absolute Gasteiger partial charge is 0.481 e. The summed E-state index contributed by atoms with van der Waals surface area (Å²) in [5.74, 6) is -1.71. The third-order valence-electron chi connectivity index (χ3n) is 3.11. The van der Waals surface area contributed by atoms with Gasteiger partial charge in [-0.25, -0.2) is 4.39 Å². The van der Waals surface area contributed by atoms with Crippen molar-refractivity contribution < 1.29 is 23.5 Å². The van der Waals surface area contributed by atoms with Crippen molar-refractivity contribution in [2.24, 2.45) is 5.92 Å². The van der Waals surface area contributed by atoms with E-state index in [2.05, 4.69) is 16.2 Å². The van der Waals surface area contributed by atoms with Crippen LogP contribution in [0.15, 0.2) is 24.3 Å². The van der Waals surface area contributed by atoms with E-state index >= 15 is 0 Å². The zero-order chi connectivity index (χ0) is 18.3. The molecule has 0 fully saturated rings. The highest BCUT2D eigenvalue weighted by atomic mass is 19.1. The number of hydrogen-bond acceptors (Lipinski definition) is 4. The Labute approximate surface area is 139 Å². The minimum Gasteiger partial charge on any atom is -0.481 e. The summed E-state index contributed by atoms with van der Waals surface area (Å²) >= 11 is 0. The van der Waals surface area contributed by atoms with Gasteiger partial charge in [0.05, 0.1) is 0 Å². The fourth-order valence-electron chi connectivity index (χ4n) is 1.83. The molecule has 0 aliphatic rings. The smallest absolute Gasteiger partial charge is 0.279 e. The van der Waals surface area contributed by atoms with Gasteiger partial charge in [-0.05, 0) is 37.1 Å². The number of amides is 3. The Bertz CT molecular complexity index is 589. The van der Waals surface area contributed by atoms with Crippen LogP contribution < -0.4 is 20.9 Å². The van der Waals surface area contributed by atoms with Crippen LogP contribution in [0.4, 0.5) is 4.39 Å². The number of benzene rings is 1. The maximum absolute atomic E-state index is 12.8. The summed E-state index contributed by atoms with van der Waals surface area (Å²) in [6, 6.07) is 4.44. The van der Waals surface area contributed by atoms with E-state index in [4.69, 9.17) is 4.74 Å². The van der Waals surface area contributed by atoms with Gasteiger partial charge in [0, 0.05) is 6.92 Å². The standard InChI is InChI=1S/C16H22FN3O4/c1-9(2)14(18-11(4)21)16(23)20-19-15(22)10(3)24-13-7-5-12(17)6-8-13/h5-10,14H,1-4H3,(H,18,21)(H,19,22)(H,20,23)/t10-,14-/m1/s1. The van der Waals surface area contributed by atoms with Crippen LogP contribution in [0.5, 0.6) is 5.75 Å². The Kier molecular flexibility index (Phi) is 7.16. The Balaban J connectivity index is 2.52. The second-order valence-electron chi connectivity index (χ2n) is 5.61. The minimum absolute atomic E-state index is 0.154. The topological polar surface area (TPSA) is 96.5 Å². The van der Waals surface area contributed by atoms with Crippen molar-refractivity contribution in [1.29, 1.82) is 0 Å². The van der Waals surface area contributed by atoms with Crippen molar-refractivity contribution in [3.05, 3.63) is 30.1 Å². The van der Waals surface area contributed by atoms with Crippen LogP contribution in [0.2, 0.25) is 0 Å². The Morgan fingerprint density at radius 2 is 1.54 bits per heavy atom. The van der Waals surface area contributed by atoms with Gasteiger partial charge >= 0.3 is 0 Å². The quantitative estimate of drug-likeness (QED) is 0.671. The van der Waals surface area contributed by atoms with Crippen molar-refractivity contribution in [3.8, 4) is 5.75 Å². The molecule has 7 nitrogen and oxygen atoms in total. The molecule has 0 saturated heterocycles. The Morgan fingerprint density at radius 3 is 2.04 bits per heavy atom. The minimum atomic E-state index is -0.908. The van der Waals surface area contributed by atoms with E-state index in [1.807, 2.05) is 0 Å². The van der Waals surface area contributed by atoms with E-state index in [1.54, 1.807) is 13.8 Å². The average molecular weight is 339 g/mol. The summed E-state index contributed by atoms with van der Waals surface area (Å²) in [7, 11) is 0. The highest BCUT2D eigenvalue weighted by Crippen LogP contribution is 2.12. The molecule has 3 N–H and O–H groups in total. The van der Waals surface area contributed by atoms with Gasteiger partial charge in [-0.2, -0.15) is 0 Å². The lowest BCUT2D eigenvalue weighted by atomic mass is 10.0. The molecule has 0 bridgehead atoms. The molecule has 8 heteroatoms. The van der Waals surface area contributed by atoms with Crippen molar-refractivity contribution in [2.75, 3.05) is 0 Å². The molecule has 0 aromatic heterocycles. The summed E-state index contributed by atoms with van der Waals surface area (Å²) in [5, 5.41) is 2.51. The maximum Gasteiger partial charge on any atom is 0.279 e. The van der Waals surface area contributed by atoms with Crippen molar-refractivity contribution in [1.82, 2.24) is 16.2 Å². The first-order valence-electron chi connectivity index (χ1n) is 7.49. The lowest BCUT2D eigenvalue weighted by Crippen LogP contribution is -2.55. The van der Waals surface area contributed by atoms with E-state index in [0.717, 1.165) is 0 Å². The molecule has 3 amide bonds. The first kappa shape index (κ1) is 19.4. The molecule has 0 aliphatic carbocycles. The van der Waals surface area contributed by atoms with Gasteiger partial charge in [0.2, 0.25) is 5.91 Å². The predicted octanol–water partition coefficient (Wildman–Crippen LogP) is 0.901. The summed E-state index contributed by atoms with van der Waals surface area (Å²) in [6.07, 6.45) is -0.908. The third-order valence-corrected chi connectivity index (χ3v) is 3.11. The van der Waals surface area contributed by atoms with Gasteiger partial charge in [-0.3, -0.25) is 25.2 Å². The molecule has 132 valence electrons. The van der Waals surface area contributed by atoms with Crippen molar-refractivity contribution in [3.63, 3.8) is 0 Å². The van der Waals surface area contributed by atoms with Crippen molar-refractivity contribution in [2.45, 2.75) is 39.8 Å². The predicted molar refractivity (Wildman–Crippen MR) is 85.2 cm³/mol. The number of hydrazine groups is 1. The fourth-order valence-corrected chi connectivity index (χ4v) is 1.83. The van der Waals surface area contributed by atoms with Crippen molar-refractivity contribution >= 4 is 17.7 Å². The summed E-state index contributed by atoms with van der Waals surface area (Å²) < 4.78 is 18.1. The SMILES string of the molecule is CC(=O)N[C@@H](C(=O)NNC(=O)[C@@H](C)Oc1ccc(F)cc1)C(C)C. The average Bonchev–Trinajstić information content (AvgIpc) is 2.51. The second-order valence-corrected chi connectivity index (χ2v) is 5.61. The maximum atomic E-state index is 12.8.